The molecule has 0 aromatic heterocycles. The highest BCUT2D eigenvalue weighted by Crippen LogP contribution is 2.29. The molecule has 0 spiro atoms. The number of carbonyl (C=O) groups is 3. The molecular formula is C20H21FN4O4. The van der Waals surface area contributed by atoms with Crippen molar-refractivity contribution in [2.75, 3.05) is 18.0 Å². The number of hydrogen-bond donors (Lipinski definition) is 3. The third kappa shape index (κ3) is 5.08. The van der Waals surface area contributed by atoms with Gasteiger partial charge < -0.3 is 10.1 Å². The van der Waals surface area contributed by atoms with Crippen molar-refractivity contribution < 1.29 is 23.5 Å². The molecule has 1 heterocycles. The van der Waals surface area contributed by atoms with E-state index in [1.54, 1.807) is 24.3 Å². The normalized spacial score (nSPS) is 15.7. The van der Waals surface area contributed by atoms with Crippen molar-refractivity contribution in [3.8, 4) is 11.1 Å². The van der Waals surface area contributed by atoms with Crippen molar-refractivity contribution in [1.29, 1.82) is 0 Å². The van der Waals surface area contributed by atoms with E-state index in [9.17, 15) is 18.8 Å². The molecule has 1 aliphatic rings. The van der Waals surface area contributed by atoms with Crippen LogP contribution in [0.2, 0.25) is 0 Å². The molecule has 0 aliphatic carbocycles. The highest BCUT2D eigenvalue weighted by molar-refractivity contribution is 5.90. The van der Waals surface area contributed by atoms with E-state index in [-0.39, 0.29) is 19.0 Å². The average molecular weight is 400 g/mol. The number of halogens is 1. The fourth-order valence-electron chi connectivity index (χ4n) is 3.00. The van der Waals surface area contributed by atoms with Crippen molar-refractivity contribution in [1.82, 2.24) is 16.2 Å². The Balaban J connectivity index is 1.69. The number of rotatable bonds is 8. The number of anilines is 1. The van der Waals surface area contributed by atoms with E-state index in [0.717, 1.165) is 5.56 Å². The third-order valence-electron chi connectivity index (χ3n) is 4.44. The molecule has 8 nitrogen and oxygen atoms in total. The van der Waals surface area contributed by atoms with Gasteiger partial charge in [0.2, 0.25) is 12.3 Å². The maximum Gasteiger partial charge on any atom is 0.414 e. The van der Waals surface area contributed by atoms with E-state index in [1.165, 1.54) is 17.9 Å². The zero-order valence-corrected chi connectivity index (χ0v) is 15.8. The molecule has 3 N–H and O–H groups in total. The summed E-state index contributed by atoms with van der Waals surface area (Å²) in [5.74, 6) is -0.675. The van der Waals surface area contributed by atoms with Gasteiger partial charge in [-0.15, -0.1) is 0 Å². The molecular weight excluding hydrogens is 379 g/mol. The number of ether oxygens (including phenoxy) is 1. The van der Waals surface area contributed by atoms with Crippen molar-refractivity contribution in [2.24, 2.45) is 0 Å². The molecule has 1 saturated heterocycles. The molecule has 9 heteroatoms. The van der Waals surface area contributed by atoms with Gasteiger partial charge in [-0.2, -0.15) is 0 Å². The van der Waals surface area contributed by atoms with Crippen LogP contribution in [0.5, 0.6) is 0 Å². The molecule has 0 bridgehead atoms. The number of nitrogens with one attached hydrogen (secondary N) is 3. The van der Waals surface area contributed by atoms with Crippen LogP contribution in [0.1, 0.15) is 12.5 Å². The van der Waals surface area contributed by atoms with Crippen LogP contribution < -0.4 is 21.1 Å². The van der Waals surface area contributed by atoms with Crippen LogP contribution in [-0.4, -0.2) is 37.6 Å². The second-order valence-electron chi connectivity index (χ2n) is 6.53. The zero-order valence-electron chi connectivity index (χ0n) is 15.8. The maximum absolute atomic E-state index is 14.7. The van der Waals surface area contributed by atoms with Gasteiger partial charge in [0.15, 0.2) is 0 Å². The summed E-state index contributed by atoms with van der Waals surface area (Å²) in [6.07, 6.45) is -0.513. The molecule has 0 unspecified atom stereocenters. The number of carbonyl (C=O) groups excluding carboxylic acids is 3. The smallest absolute Gasteiger partial charge is 0.414 e. The molecule has 0 saturated carbocycles. The molecule has 152 valence electrons. The minimum atomic E-state index is -0.576. The second-order valence-corrected chi connectivity index (χ2v) is 6.53. The molecule has 2 aromatic rings. The Labute approximate surface area is 167 Å². The number of hydrogen-bond acceptors (Lipinski definition) is 5. The number of amides is 3. The third-order valence-corrected chi connectivity index (χ3v) is 4.44. The van der Waals surface area contributed by atoms with Gasteiger partial charge in [0, 0.05) is 19.0 Å². The van der Waals surface area contributed by atoms with Crippen LogP contribution in [0.15, 0.2) is 42.5 Å². The van der Waals surface area contributed by atoms with E-state index in [1.807, 2.05) is 12.1 Å². The van der Waals surface area contributed by atoms with Crippen LogP contribution in [0.25, 0.3) is 11.1 Å². The summed E-state index contributed by atoms with van der Waals surface area (Å²) in [6.45, 7) is 2.26. The molecule has 1 fully saturated rings. The first kappa shape index (κ1) is 20.3. The Morgan fingerprint density at radius 1 is 1.28 bits per heavy atom. The standard InChI is InChI=1S/C20H21FN4O4/c1-13(27)22-10-17-11-25(20(28)29-17)16-6-7-18(19(21)8-16)15-4-2-14(3-5-15)9-23-24-12-26/h2-8,12,17,23H,9-11H2,1H3,(H,22,27)(H,24,26)/t17-/m0/s1. The van der Waals surface area contributed by atoms with E-state index in [0.29, 0.717) is 29.8 Å². The Bertz CT molecular complexity index is 904. The summed E-state index contributed by atoms with van der Waals surface area (Å²) in [5.41, 5.74) is 7.48. The fourth-order valence-corrected chi connectivity index (χ4v) is 3.00. The molecule has 3 rings (SSSR count). The summed E-state index contributed by atoms with van der Waals surface area (Å²) in [7, 11) is 0. The van der Waals surface area contributed by atoms with E-state index < -0.39 is 18.0 Å². The minimum Gasteiger partial charge on any atom is -0.442 e. The second kappa shape index (κ2) is 9.16. The summed E-state index contributed by atoms with van der Waals surface area (Å²) < 4.78 is 19.9. The van der Waals surface area contributed by atoms with Crippen molar-refractivity contribution in [3.05, 3.63) is 53.8 Å². The minimum absolute atomic E-state index is 0.210. The summed E-state index contributed by atoms with van der Waals surface area (Å²) in [4.78, 5) is 34.6. The summed E-state index contributed by atoms with van der Waals surface area (Å²) in [5, 5.41) is 2.60. The fraction of sp³-hybridized carbons (Fsp3) is 0.250. The largest absolute Gasteiger partial charge is 0.442 e. The van der Waals surface area contributed by atoms with Crippen LogP contribution in [-0.2, 0) is 20.9 Å². The predicted molar refractivity (Wildman–Crippen MR) is 104 cm³/mol. The summed E-state index contributed by atoms with van der Waals surface area (Å²) >= 11 is 0. The number of nitrogens with zero attached hydrogens (tertiary/aromatic N) is 1. The Hall–Kier alpha value is -3.46. The lowest BCUT2D eigenvalue weighted by atomic mass is 10.0. The average Bonchev–Trinajstić information content (AvgIpc) is 3.08. The predicted octanol–water partition coefficient (Wildman–Crippen LogP) is 1.70. The van der Waals surface area contributed by atoms with E-state index >= 15 is 0 Å². The highest BCUT2D eigenvalue weighted by atomic mass is 19.1. The van der Waals surface area contributed by atoms with Gasteiger partial charge in [0.05, 0.1) is 18.8 Å². The van der Waals surface area contributed by atoms with Gasteiger partial charge in [-0.05, 0) is 29.3 Å². The van der Waals surface area contributed by atoms with Gasteiger partial charge >= 0.3 is 6.09 Å². The SMILES string of the molecule is CC(=O)NC[C@H]1CN(c2ccc(-c3ccc(CNNC=O)cc3)c(F)c2)C(=O)O1. The number of cyclic esters (lactones) is 1. The first-order valence-corrected chi connectivity index (χ1v) is 9.01. The zero-order chi connectivity index (χ0) is 20.8. The first-order valence-electron chi connectivity index (χ1n) is 9.01. The van der Waals surface area contributed by atoms with Crippen LogP contribution in [0.3, 0.4) is 0 Å². The van der Waals surface area contributed by atoms with Crippen LogP contribution in [0.4, 0.5) is 14.9 Å². The molecule has 2 aromatic carbocycles. The Morgan fingerprint density at radius 2 is 2.03 bits per heavy atom. The van der Waals surface area contributed by atoms with Gasteiger partial charge in [-0.1, -0.05) is 24.3 Å². The monoisotopic (exact) mass is 400 g/mol. The van der Waals surface area contributed by atoms with Crippen LogP contribution in [0, 0.1) is 5.82 Å². The molecule has 1 aliphatic heterocycles. The topological polar surface area (TPSA) is 99.8 Å². The van der Waals surface area contributed by atoms with Gasteiger partial charge in [0.1, 0.15) is 11.9 Å². The van der Waals surface area contributed by atoms with Gasteiger partial charge in [-0.3, -0.25) is 19.9 Å². The van der Waals surface area contributed by atoms with Crippen molar-refractivity contribution in [3.63, 3.8) is 0 Å². The molecule has 3 amide bonds. The quantitative estimate of drug-likeness (QED) is 0.356. The van der Waals surface area contributed by atoms with Crippen molar-refractivity contribution >= 4 is 24.1 Å². The van der Waals surface area contributed by atoms with Crippen molar-refractivity contribution in [2.45, 2.75) is 19.6 Å². The number of hydrazine groups is 1. The molecule has 29 heavy (non-hydrogen) atoms. The lowest BCUT2D eigenvalue weighted by molar-refractivity contribution is -0.119. The van der Waals surface area contributed by atoms with E-state index in [4.69, 9.17) is 4.74 Å². The lowest BCUT2D eigenvalue weighted by Crippen LogP contribution is -2.33. The Kier molecular flexibility index (Phi) is 6.40. The maximum atomic E-state index is 14.7. The highest BCUT2D eigenvalue weighted by Gasteiger charge is 2.32. The van der Waals surface area contributed by atoms with Crippen LogP contribution >= 0.6 is 0 Å². The Morgan fingerprint density at radius 3 is 2.69 bits per heavy atom. The van der Waals surface area contributed by atoms with Gasteiger partial charge in [0.25, 0.3) is 0 Å². The summed E-state index contributed by atoms with van der Waals surface area (Å²) in [6, 6.07) is 11.8. The van der Waals surface area contributed by atoms with Gasteiger partial charge in [-0.25, -0.2) is 14.6 Å². The molecule has 1 atom stereocenters. The number of benzene rings is 2. The first-order chi connectivity index (χ1) is 14.0. The van der Waals surface area contributed by atoms with E-state index in [2.05, 4.69) is 16.2 Å². The lowest BCUT2D eigenvalue weighted by Gasteiger charge is -2.15. The molecule has 0 radical (unpaired) electrons.